The van der Waals surface area contributed by atoms with Crippen LogP contribution < -0.4 is 10.1 Å². The van der Waals surface area contributed by atoms with Crippen LogP contribution in [0.15, 0.2) is 30.9 Å². The summed E-state index contributed by atoms with van der Waals surface area (Å²) < 4.78 is 5.79. The summed E-state index contributed by atoms with van der Waals surface area (Å²) in [5.41, 5.74) is 1.11. The highest BCUT2D eigenvalue weighted by atomic mass is 35.5. The highest BCUT2D eigenvalue weighted by Crippen LogP contribution is 2.30. The molecule has 1 aromatic carbocycles. The molecule has 0 saturated heterocycles. The minimum absolute atomic E-state index is 0.0328. The van der Waals surface area contributed by atoms with E-state index in [2.05, 4.69) is 11.9 Å². The van der Waals surface area contributed by atoms with Crippen LogP contribution in [-0.4, -0.2) is 12.1 Å². The summed E-state index contributed by atoms with van der Waals surface area (Å²) in [6, 6.07) is 6.54. The van der Waals surface area contributed by atoms with Crippen LogP contribution in [0, 0.1) is 0 Å². The smallest absolute Gasteiger partial charge is 0.143 e. The van der Waals surface area contributed by atoms with Gasteiger partial charge in [0.15, 0.2) is 0 Å². The van der Waals surface area contributed by atoms with Gasteiger partial charge in [-0.2, -0.15) is 0 Å². The summed E-state index contributed by atoms with van der Waals surface area (Å²) in [5.74, 6) is 0.773. The van der Waals surface area contributed by atoms with Gasteiger partial charge in [0.1, 0.15) is 11.9 Å². The number of hydrogen-bond acceptors (Lipinski definition) is 2. The van der Waals surface area contributed by atoms with Crippen molar-refractivity contribution in [3.63, 3.8) is 0 Å². The lowest BCUT2D eigenvalue weighted by molar-refractivity contribution is 0.267. The minimum Gasteiger partial charge on any atom is -0.485 e. The molecule has 1 saturated carbocycles. The molecule has 0 radical (unpaired) electrons. The Hall–Kier alpha value is -0.990. The Kier molecular flexibility index (Phi) is 4.08. The summed E-state index contributed by atoms with van der Waals surface area (Å²) in [5, 5.41) is 4.13. The number of hydrogen-bond donors (Lipinski definition) is 1. The molecule has 1 aliphatic rings. The second-order valence-electron chi connectivity index (χ2n) is 4.44. The Bertz CT molecular complexity index is 401. The molecule has 1 N–H and O–H groups in total. The Labute approximate surface area is 108 Å². The average molecular weight is 252 g/mol. The van der Waals surface area contributed by atoms with Crippen LogP contribution in [0.5, 0.6) is 5.75 Å². The zero-order chi connectivity index (χ0) is 12.3. The van der Waals surface area contributed by atoms with Gasteiger partial charge in [-0.15, -0.1) is 0 Å². The first-order valence-corrected chi connectivity index (χ1v) is 6.38. The van der Waals surface area contributed by atoms with E-state index >= 15 is 0 Å². The van der Waals surface area contributed by atoms with Crippen molar-refractivity contribution >= 4 is 11.6 Å². The molecule has 2 nitrogen and oxygen atoms in total. The fourth-order valence-corrected chi connectivity index (χ4v) is 1.84. The van der Waals surface area contributed by atoms with Crippen LogP contribution in [0.2, 0.25) is 5.02 Å². The third-order valence-corrected chi connectivity index (χ3v) is 3.14. The summed E-state index contributed by atoms with van der Waals surface area (Å²) in [4.78, 5) is 0. The van der Waals surface area contributed by atoms with Gasteiger partial charge in [-0.1, -0.05) is 36.4 Å². The van der Waals surface area contributed by atoms with Crippen molar-refractivity contribution < 1.29 is 4.74 Å². The van der Waals surface area contributed by atoms with E-state index in [9.17, 15) is 0 Å². The maximum atomic E-state index is 6.17. The second-order valence-corrected chi connectivity index (χ2v) is 4.85. The molecule has 0 amide bonds. The fraction of sp³-hybridized carbons (Fsp3) is 0.429. The molecule has 3 heteroatoms. The van der Waals surface area contributed by atoms with E-state index in [-0.39, 0.29) is 6.10 Å². The van der Waals surface area contributed by atoms with Crippen molar-refractivity contribution in [3.8, 4) is 5.75 Å². The normalized spacial score (nSPS) is 16.6. The molecule has 2 rings (SSSR count). The molecule has 0 heterocycles. The van der Waals surface area contributed by atoms with Gasteiger partial charge in [0.2, 0.25) is 0 Å². The fourth-order valence-electron chi connectivity index (χ4n) is 1.60. The lowest BCUT2D eigenvalue weighted by Crippen LogP contribution is -2.17. The Morgan fingerprint density at radius 1 is 1.59 bits per heavy atom. The van der Waals surface area contributed by atoms with E-state index in [0.717, 1.165) is 17.9 Å². The van der Waals surface area contributed by atoms with Gasteiger partial charge in [0.25, 0.3) is 0 Å². The van der Waals surface area contributed by atoms with Crippen molar-refractivity contribution in [2.75, 3.05) is 0 Å². The van der Waals surface area contributed by atoms with E-state index in [1.165, 1.54) is 12.8 Å². The van der Waals surface area contributed by atoms with Gasteiger partial charge in [0, 0.05) is 18.2 Å². The number of ether oxygens (including phenoxy) is 1. The van der Waals surface area contributed by atoms with Crippen LogP contribution in [0.1, 0.15) is 25.3 Å². The number of rotatable bonds is 6. The SMILES string of the molecule is C=CC(C)Oc1c(Cl)cccc1CNC1CC1. The van der Waals surface area contributed by atoms with E-state index in [1.807, 2.05) is 25.1 Å². The molecule has 17 heavy (non-hydrogen) atoms. The highest BCUT2D eigenvalue weighted by molar-refractivity contribution is 6.32. The van der Waals surface area contributed by atoms with Crippen molar-refractivity contribution in [2.24, 2.45) is 0 Å². The first-order chi connectivity index (χ1) is 8.20. The highest BCUT2D eigenvalue weighted by Gasteiger charge is 2.21. The van der Waals surface area contributed by atoms with Gasteiger partial charge in [-0.25, -0.2) is 0 Å². The Morgan fingerprint density at radius 3 is 3.00 bits per heavy atom. The molecular formula is C14H18ClNO. The summed E-state index contributed by atoms with van der Waals surface area (Å²) in [6.45, 7) is 6.48. The predicted molar refractivity (Wildman–Crippen MR) is 71.6 cm³/mol. The third kappa shape index (κ3) is 3.48. The first-order valence-electron chi connectivity index (χ1n) is 6.00. The van der Waals surface area contributed by atoms with Crippen LogP contribution in [0.4, 0.5) is 0 Å². The molecule has 0 aliphatic heterocycles. The number of benzene rings is 1. The molecule has 1 unspecified atom stereocenters. The maximum Gasteiger partial charge on any atom is 0.143 e. The Balaban J connectivity index is 2.10. The van der Waals surface area contributed by atoms with Gasteiger partial charge in [0.05, 0.1) is 5.02 Å². The molecule has 1 aliphatic carbocycles. The lowest BCUT2D eigenvalue weighted by atomic mass is 10.2. The van der Waals surface area contributed by atoms with Crippen LogP contribution >= 0.6 is 11.6 Å². The van der Waals surface area contributed by atoms with Crippen LogP contribution in [0.25, 0.3) is 0 Å². The van der Waals surface area contributed by atoms with E-state index in [0.29, 0.717) is 11.1 Å². The summed E-state index contributed by atoms with van der Waals surface area (Å²) >= 11 is 6.17. The standard InChI is InChI=1S/C14H18ClNO/c1-3-10(2)17-14-11(5-4-6-13(14)15)9-16-12-7-8-12/h3-6,10,12,16H,1,7-9H2,2H3. The third-order valence-electron chi connectivity index (χ3n) is 2.84. The quantitative estimate of drug-likeness (QED) is 0.781. The molecule has 92 valence electrons. The molecule has 1 fully saturated rings. The van der Waals surface area contributed by atoms with Crippen molar-refractivity contribution in [3.05, 3.63) is 41.4 Å². The van der Waals surface area contributed by atoms with Gasteiger partial charge in [-0.05, 0) is 25.8 Å². The molecule has 0 bridgehead atoms. The molecule has 0 spiro atoms. The molecule has 1 atom stereocenters. The predicted octanol–water partition coefficient (Wildman–Crippen LogP) is 3.55. The van der Waals surface area contributed by atoms with Crippen molar-refractivity contribution in [2.45, 2.75) is 38.5 Å². The maximum absolute atomic E-state index is 6.17. The lowest BCUT2D eigenvalue weighted by Gasteiger charge is -2.16. The van der Waals surface area contributed by atoms with Gasteiger partial charge in [-0.3, -0.25) is 0 Å². The minimum atomic E-state index is -0.0328. The number of nitrogens with one attached hydrogen (secondary N) is 1. The Morgan fingerprint density at radius 2 is 2.35 bits per heavy atom. The zero-order valence-electron chi connectivity index (χ0n) is 10.1. The second kappa shape index (κ2) is 5.56. The van der Waals surface area contributed by atoms with Gasteiger partial charge < -0.3 is 10.1 Å². The number of para-hydroxylation sites is 1. The zero-order valence-corrected chi connectivity index (χ0v) is 10.8. The van der Waals surface area contributed by atoms with Gasteiger partial charge >= 0.3 is 0 Å². The summed E-state index contributed by atoms with van der Waals surface area (Å²) in [7, 11) is 0. The average Bonchev–Trinajstić information content (AvgIpc) is 3.13. The topological polar surface area (TPSA) is 21.3 Å². The summed E-state index contributed by atoms with van der Waals surface area (Å²) in [6.07, 6.45) is 4.29. The van der Waals surface area contributed by atoms with E-state index in [4.69, 9.17) is 16.3 Å². The van der Waals surface area contributed by atoms with Crippen LogP contribution in [-0.2, 0) is 6.54 Å². The molecule has 1 aromatic rings. The van der Waals surface area contributed by atoms with Crippen LogP contribution in [0.3, 0.4) is 0 Å². The molecular weight excluding hydrogens is 234 g/mol. The largest absolute Gasteiger partial charge is 0.485 e. The van der Waals surface area contributed by atoms with Crippen molar-refractivity contribution in [1.82, 2.24) is 5.32 Å². The number of halogens is 1. The van der Waals surface area contributed by atoms with E-state index < -0.39 is 0 Å². The first kappa shape index (κ1) is 12.5. The van der Waals surface area contributed by atoms with Crippen molar-refractivity contribution in [1.29, 1.82) is 0 Å². The van der Waals surface area contributed by atoms with E-state index in [1.54, 1.807) is 6.08 Å². The molecule has 0 aromatic heterocycles. The monoisotopic (exact) mass is 251 g/mol.